The Bertz CT molecular complexity index is 447. The molecule has 0 aliphatic carbocycles. The number of hydrogen-bond acceptors (Lipinski definition) is 2. The third-order valence-electron chi connectivity index (χ3n) is 4.39. The molecule has 0 heterocycles. The maximum absolute atomic E-state index is 10.3. The summed E-state index contributed by atoms with van der Waals surface area (Å²) in [6.45, 7) is 13.1. The van der Waals surface area contributed by atoms with Crippen molar-refractivity contribution in [2.24, 2.45) is 5.73 Å². The van der Waals surface area contributed by atoms with Crippen LogP contribution in [0.2, 0.25) is 0 Å². The highest BCUT2D eigenvalue weighted by Gasteiger charge is 2.21. The Morgan fingerprint density at radius 2 is 1.86 bits per heavy atom. The lowest BCUT2D eigenvalue weighted by molar-refractivity contribution is 0.124. The maximum Gasteiger partial charge on any atom is 0.0696 e. The van der Waals surface area contributed by atoms with Crippen LogP contribution in [0.5, 0.6) is 0 Å². The van der Waals surface area contributed by atoms with Crippen LogP contribution < -0.4 is 5.73 Å². The van der Waals surface area contributed by atoms with Gasteiger partial charge in [-0.3, -0.25) is 0 Å². The van der Waals surface area contributed by atoms with Crippen LogP contribution in [0.1, 0.15) is 76.5 Å². The van der Waals surface area contributed by atoms with Crippen LogP contribution >= 0.6 is 0 Å². The summed E-state index contributed by atoms with van der Waals surface area (Å²) in [5, 5.41) is 10.3. The van der Waals surface area contributed by atoms with Crippen molar-refractivity contribution < 1.29 is 5.11 Å². The zero-order valence-corrected chi connectivity index (χ0v) is 14.6. The van der Waals surface area contributed by atoms with E-state index >= 15 is 0 Å². The van der Waals surface area contributed by atoms with Gasteiger partial charge in [-0.05, 0) is 47.8 Å². The highest BCUT2D eigenvalue weighted by atomic mass is 16.3. The summed E-state index contributed by atoms with van der Waals surface area (Å²) >= 11 is 0. The third kappa shape index (κ3) is 5.12. The summed E-state index contributed by atoms with van der Waals surface area (Å²) in [6.07, 6.45) is 2.22. The largest absolute Gasteiger partial charge is 0.391 e. The molecule has 0 aliphatic rings. The van der Waals surface area contributed by atoms with E-state index in [0.717, 1.165) is 19.3 Å². The first kappa shape index (κ1) is 18.2. The monoisotopic (exact) mass is 291 g/mol. The zero-order chi connectivity index (χ0) is 16.2. The predicted molar refractivity (Wildman–Crippen MR) is 91.8 cm³/mol. The minimum atomic E-state index is -0.419. The van der Waals surface area contributed by atoms with Crippen LogP contribution in [0.25, 0.3) is 0 Å². The molecule has 0 spiro atoms. The molecule has 0 bridgehead atoms. The molecule has 21 heavy (non-hydrogen) atoms. The summed E-state index contributed by atoms with van der Waals surface area (Å²) in [4.78, 5) is 0. The van der Waals surface area contributed by atoms with Gasteiger partial charge in [0.05, 0.1) is 6.10 Å². The van der Waals surface area contributed by atoms with Crippen molar-refractivity contribution in [3.63, 3.8) is 0 Å². The Balaban J connectivity index is 2.89. The quantitative estimate of drug-likeness (QED) is 0.822. The number of rotatable bonds is 6. The van der Waals surface area contributed by atoms with Gasteiger partial charge in [0.25, 0.3) is 0 Å². The molecular weight excluding hydrogens is 258 g/mol. The molecule has 0 saturated heterocycles. The minimum Gasteiger partial charge on any atom is -0.391 e. The highest BCUT2D eigenvalue weighted by molar-refractivity contribution is 5.36. The molecular formula is C19H33NO. The van der Waals surface area contributed by atoms with E-state index in [-0.39, 0.29) is 11.5 Å². The van der Waals surface area contributed by atoms with Crippen molar-refractivity contribution in [1.82, 2.24) is 0 Å². The molecule has 3 N–H and O–H groups in total. The van der Waals surface area contributed by atoms with Crippen LogP contribution in [0, 0.1) is 6.92 Å². The lowest BCUT2D eigenvalue weighted by atomic mass is 9.82. The molecule has 0 aliphatic heterocycles. The summed E-state index contributed by atoms with van der Waals surface area (Å²) in [5.41, 5.74) is 10.2. The van der Waals surface area contributed by atoms with E-state index in [1.54, 1.807) is 0 Å². The number of benzene rings is 1. The first-order chi connectivity index (χ1) is 9.66. The molecule has 0 amide bonds. The van der Waals surface area contributed by atoms with Gasteiger partial charge in [0.15, 0.2) is 0 Å². The lowest BCUT2D eigenvalue weighted by Gasteiger charge is -2.25. The molecule has 2 nitrogen and oxygen atoms in total. The van der Waals surface area contributed by atoms with E-state index in [1.807, 2.05) is 0 Å². The van der Waals surface area contributed by atoms with Crippen molar-refractivity contribution in [2.45, 2.75) is 84.3 Å². The van der Waals surface area contributed by atoms with Gasteiger partial charge in [0.2, 0.25) is 0 Å². The van der Waals surface area contributed by atoms with Crippen molar-refractivity contribution in [3.05, 3.63) is 34.9 Å². The number of aryl methyl sites for hydroxylation is 1. The average Bonchev–Trinajstić information content (AvgIpc) is 2.37. The summed E-state index contributed by atoms with van der Waals surface area (Å²) in [7, 11) is 0. The topological polar surface area (TPSA) is 46.2 Å². The van der Waals surface area contributed by atoms with Crippen molar-refractivity contribution in [2.75, 3.05) is 0 Å². The third-order valence-corrected chi connectivity index (χ3v) is 4.39. The van der Waals surface area contributed by atoms with Crippen molar-refractivity contribution in [1.29, 1.82) is 0 Å². The summed E-state index contributed by atoms with van der Waals surface area (Å²) in [6, 6.07) is 6.61. The van der Waals surface area contributed by atoms with Crippen LogP contribution in [-0.2, 0) is 5.41 Å². The van der Waals surface area contributed by atoms with Crippen molar-refractivity contribution >= 4 is 0 Å². The van der Waals surface area contributed by atoms with E-state index in [1.165, 1.54) is 16.7 Å². The minimum absolute atomic E-state index is 0.108. The molecule has 1 aromatic rings. The van der Waals surface area contributed by atoms with Gasteiger partial charge in [0, 0.05) is 6.04 Å². The first-order valence-electron chi connectivity index (χ1n) is 8.21. The van der Waals surface area contributed by atoms with E-state index in [4.69, 9.17) is 5.73 Å². The normalized spacial score (nSPS) is 16.6. The fourth-order valence-corrected chi connectivity index (χ4v) is 2.83. The molecule has 0 aromatic heterocycles. The lowest BCUT2D eigenvalue weighted by Crippen LogP contribution is -2.35. The molecule has 0 fully saturated rings. The number of nitrogens with two attached hydrogens (primary N) is 1. The Morgan fingerprint density at radius 3 is 2.38 bits per heavy atom. The smallest absolute Gasteiger partial charge is 0.0696 e. The summed E-state index contributed by atoms with van der Waals surface area (Å²) < 4.78 is 0. The van der Waals surface area contributed by atoms with E-state index in [2.05, 4.69) is 59.7 Å². The van der Waals surface area contributed by atoms with Gasteiger partial charge in [-0.1, -0.05) is 59.2 Å². The van der Waals surface area contributed by atoms with Gasteiger partial charge in [-0.25, -0.2) is 0 Å². The standard InChI is InChI=1S/C19H33NO/c1-7-8-17(20)18(21)11-14(3)16-12-15(19(4,5)6)10-9-13(16)2/h9-10,12,14,17-18,21H,7-8,11,20H2,1-6H3. The predicted octanol–water partition coefficient (Wildman–Crippen LogP) is 4.27. The second-order valence-corrected chi connectivity index (χ2v) is 7.48. The van der Waals surface area contributed by atoms with Gasteiger partial charge in [-0.15, -0.1) is 0 Å². The molecule has 3 atom stereocenters. The van der Waals surface area contributed by atoms with Crippen molar-refractivity contribution in [3.8, 4) is 0 Å². The fourth-order valence-electron chi connectivity index (χ4n) is 2.83. The Labute approximate surface area is 130 Å². The molecule has 0 saturated carbocycles. The molecule has 1 rings (SSSR count). The molecule has 3 unspecified atom stereocenters. The summed E-state index contributed by atoms with van der Waals surface area (Å²) in [5.74, 6) is 0.324. The van der Waals surface area contributed by atoms with Gasteiger partial charge >= 0.3 is 0 Å². The average molecular weight is 291 g/mol. The van der Waals surface area contributed by atoms with Gasteiger partial charge < -0.3 is 10.8 Å². The molecule has 0 radical (unpaired) electrons. The number of aliphatic hydroxyl groups is 1. The van der Waals surface area contributed by atoms with Crippen LogP contribution in [0.15, 0.2) is 18.2 Å². The van der Waals surface area contributed by atoms with E-state index in [9.17, 15) is 5.11 Å². The number of aliphatic hydroxyl groups excluding tert-OH is 1. The molecule has 1 aromatic carbocycles. The van der Waals surface area contributed by atoms with Gasteiger partial charge in [-0.2, -0.15) is 0 Å². The maximum atomic E-state index is 10.3. The number of hydrogen-bond donors (Lipinski definition) is 2. The van der Waals surface area contributed by atoms with Gasteiger partial charge in [0.1, 0.15) is 0 Å². The highest BCUT2D eigenvalue weighted by Crippen LogP contribution is 2.30. The fraction of sp³-hybridized carbons (Fsp3) is 0.684. The molecule has 120 valence electrons. The Morgan fingerprint density at radius 1 is 1.24 bits per heavy atom. The van der Waals surface area contributed by atoms with E-state index in [0.29, 0.717) is 5.92 Å². The Hall–Kier alpha value is -0.860. The molecule has 2 heteroatoms. The van der Waals surface area contributed by atoms with Crippen LogP contribution in [0.4, 0.5) is 0 Å². The Kier molecular flexibility index (Phi) is 6.42. The zero-order valence-electron chi connectivity index (χ0n) is 14.6. The second-order valence-electron chi connectivity index (χ2n) is 7.48. The van der Waals surface area contributed by atoms with E-state index < -0.39 is 6.10 Å². The van der Waals surface area contributed by atoms with Crippen LogP contribution in [0.3, 0.4) is 0 Å². The van der Waals surface area contributed by atoms with Crippen LogP contribution in [-0.4, -0.2) is 17.3 Å². The first-order valence-corrected chi connectivity index (χ1v) is 8.21. The SMILES string of the molecule is CCCC(N)C(O)CC(C)c1cc(C(C)(C)C)ccc1C. The second kappa shape index (κ2) is 7.42.